The Morgan fingerprint density at radius 2 is 1.93 bits per heavy atom. The molecule has 0 saturated carbocycles. The first-order valence-corrected chi connectivity index (χ1v) is 22.1. The van der Waals surface area contributed by atoms with Gasteiger partial charge >= 0.3 is 12.1 Å². The first-order valence-electron chi connectivity index (χ1n) is 20.3. The van der Waals surface area contributed by atoms with Gasteiger partial charge in [-0.3, -0.25) is 19.7 Å². The Kier molecular flexibility index (Phi) is 16.9. The third-order valence-corrected chi connectivity index (χ3v) is 12.9. The van der Waals surface area contributed by atoms with Gasteiger partial charge in [-0.25, -0.2) is 9.59 Å². The van der Waals surface area contributed by atoms with Gasteiger partial charge in [0.15, 0.2) is 0 Å². The van der Waals surface area contributed by atoms with E-state index >= 15 is 0 Å². The van der Waals surface area contributed by atoms with Crippen LogP contribution in [0, 0.1) is 11.8 Å². The lowest BCUT2D eigenvalue weighted by molar-refractivity contribution is -0.162. The number of carbonyl (C=O) groups excluding carboxylic acids is 5. The second-order valence-corrected chi connectivity index (χ2v) is 17.7. The van der Waals surface area contributed by atoms with Crippen molar-refractivity contribution in [2.45, 2.75) is 121 Å². The van der Waals surface area contributed by atoms with E-state index in [0.29, 0.717) is 43.7 Å². The van der Waals surface area contributed by atoms with E-state index < -0.39 is 89.4 Å². The molecule has 0 aromatic heterocycles. The van der Waals surface area contributed by atoms with Gasteiger partial charge in [-0.1, -0.05) is 55.7 Å². The Hall–Kier alpha value is -3.87. The number of esters is 1. The second-order valence-electron chi connectivity index (χ2n) is 16.4. The number of nitrogens with two attached hydrogens (primary N) is 2. The predicted molar refractivity (Wildman–Crippen MR) is 231 cm³/mol. The van der Waals surface area contributed by atoms with E-state index in [-0.39, 0.29) is 23.6 Å². The van der Waals surface area contributed by atoms with Crippen LogP contribution in [-0.2, 0) is 39.8 Å². The van der Waals surface area contributed by atoms with Crippen LogP contribution in [0.25, 0.3) is 0 Å². The zero-order valence-corrected chi connectivity index (χ0v) is 37.7. The summed E-state index contributed by atoms with van der Waals surface area (Å²) >= 11 is 8.13. The average Bonchev–Trinajstić information content (AvgIpc) is 3.90. The summed E-state index contributed by atoms with van der Waals surface area (Å²) in [5, 5.41) is 17.3. The number of aliphatic hydroxyl groups is 1. The van der Waals surface area contributed by atoms with Crippen molar-refractivity contribution in [1.29, 1.82) is 0 Å². The largest absolute Gasteiger partial charge is 0.495 e. The van der Waals surface area contributed by atoms with Crippen LogP contribution in [0.2, 0.25) is 5.02 Å². The number of epoxide rings is 1. The van der Waals surface area contributed by atoms with Crippen LogP contribution in [0.1, 0.15) is 72.3 Å². The van der Waals surface area contributed by atoms with Gasteiger partial charge in [0.1, 0.15) is 46.4 Å². The maximum atomic E-state index is 14.3. The molecule has 8 unspecified atom stereocenters. The topological polar surface area (TPSA) is 228 Å². The number of nitrogens with one attached hydrogen (secondary N) is 2. The van der Waals surface area contributed by atoms with E-state index in [4.69, 9.17) is 42.0 Å². The lowest BCUT2D eigenvalue weighted by Crippen LogP contribution is -2.60. The fourth-order valence-electron chi connectivity index (χ4n) is 7.60. The van der Waals surface area contributed by atoms with Crippen molar-refractivity contribution in [3.8, 4) is 5.75 Å². The number of allylic oxidation sites excluding steroid dienone is 3. The van der Waals surface area contributed by atoms with Gasteiger partial charge in [-0.2, -0.15) is 11.8 Å². The number of methoxy groups -OCH3 is 1. The number of unbranched alkanes of at least 4 members (excludes halogenated alkanes) is 1. The normalized spacial score (nSPS) is 29.9. The second kappa shape index (κ2) is 20.8. The molecular formula is C42H63ClN6O10S. The fourth-order valence-corrected chi connectivity index (χ4v) is 8.48. The summed E-state index contributed by atoms with van der Waals surface area (Å²) in [5.74, 6) is -2.80. The number of rotatable bonds is 13. The fraction of sp³-hybridized carbons (Fsp3) is 0.643. The zero-order valence-electron chi connectivity index (χ0n) is 36.1. The highest BCUT2D eigenvalue weighted by Gasteiger charge is 2.64. The Bertz CT molecular complexity index is 1820. The van der Waals surface area contributed by atoms with Crippen LogP contribution >= 0.6 is 23.4 Å². The van der Waals surface area contributed by atoms with Crippen molar-refractivity contribution in [3.05, 3.63) is 46.5 Å². The summed E-state index contributed by atoms with van der Waals surface area (Å²) < 4.78 is 23.7. The molecule has 1 aromatic rings. The summed E-state index contributed by atoms with van der Waals surface area (Å²) in [4.78, 5) is 70.6. The molecule has 18 heteroatoms. The molecule has 334 valence electrons. The number of thioether (sulfide) groups is 1. The molecule has 16 nitrogen and oxygen atoms in total. The lowest BCUT2D eigenvalue weighted by Gasteiger charge is -2.41. The van der Waals surface area contributed by atoms with Crippen LogP contribution in [0.4, 0.5) is 10.5 Å². The van der Waals surface area contributed by atoms with Gasteiger partial charge in [0, 0.05) is 38.1 Å². The number of benzene rings is 1. The van der Waals surface area contributed by atoms with Crippen molar-refractivity contribution in [3.63, 3.8) is 0 Å². The molecule has 4 rings (SSSR count). The highest BCUT2D eigenvalue weighted by molar-refractivity contribution is 7.98. The molecule has 1 aromatic carbocycles. The van der Waals surface area contributed by atoms with E-state index in [1.165, 1.54) is 42.6 Å². The monoisotopic (exact) mass is 878 g/mol. The minimum Gasteiger partial charge on any atom is -0.495 e. The van der Waals surface area contributed by atoms with Crippen LogP contribution in [0.15, 0.2) is 35.9 Å². The maximum Gasteiger partial charge on any atom is 0.409 e. The Morgan fingerprint density at radius 1 is 1.23 bits per heavy atom. The third kappa shape index (κ3) is 11.5. The highest BCUT2D eigenvalue weighted by Crippen LogP contribution is 2.49. The molecule has 2 fully saturated rings. The van der Waals surface area contributed by atoms with Gasteiger partial charge in [0.2, 0.25) is 17.7 Å². The molecule has 4 bridgehead atoms. The van der Waals surface area contributed by atoms with Crippen LogP contribution in [0.3, 0.4) is 0 Å². The zero-order chi connectivity index (χ0) is 44.7. The Balaban J connectivity index is 1.67. The molecule has 3 heterocycles. The number of amides is 4. The number of hydrogen-bond acceptors (Lipinski definition) is 13. The minimum absolute atomic E-state index is 0.0244. The van der Waals surface area contributed by atoms with Crippen molar-refractivity contribution in [2.24, 2.45) is 23.3 Å². The third-order valence-electron chi connectivity index (χ3n) is 11.9. The number of likely N-dealkylation sites (N-methyl/N-ethyl adjacent to an activating group) is 1. The first-order chi connectivity index (χ1) is 28.2. The van der Waals surface area contributed by atoms with Crippen molar-refractivity contribution in [1.82, 2.24) is 15.5 Å². The van der Waals surface area contributed by atoms with Crippen LogP contribution in [0.5, 0.6) is 5.75 Å². The number of nitrogens with zero attached hydrogens (tertiary/aromatic N) is 2. The summed E-state index contributed by atoms with van der Waals surface area (Å²) in [6.45, 7) is 9.20. The van der Waals surface area contributed by atoms with Crippen LogP contribution < -0.4 is 31.7 Å². The number of fused-ring (bicyclic) bond motifs is 5. The average molecular weight is 880 g/mol. The lowest BCUT2D eigenvalue weighted by atomic mass is 9.82. The number of ether oxygens (including phenoxy) is 4. The molecule has 0 radical (unpaired) electrons. The molecule has 4 amide bonds. The molecule has 10 atom stereocenters. The van der Waals surface area contributed by atoms with Crippen molar-refractivity contribution < 1.29 is 48.0 Å². The van der Waals surface area contributed by atoms with E-state index in [1.54, 1.807) is 52.3 Å². The number of anilines is 1. The van der Waals surface area contributed by atoms with E-state index in [9.17, 15) is 29.1 Å². The predicted octanol–water partition coefficient (Wildman–Crippen LogP) is 3.44. The van der Waals surface area contributed by atoms with Gasteiger partial charge in [-0.05, 0) is 70.5 Å². The molecule has 3 aliphatic rings. The highest BCUT2D eigenvalue weighted by atomic mass is 35.5. The number of halogens is 1. The van der Waals surface area contributed by atoms with Gasteiger partial charge in [0.25, 0.3) is 0 Å². The maximum absolute atomic E-state index is 14.3. The SMILES string of the molecule is COc1cc2cc(c1Cl)N(C)C(=O)CC(OC(=O)[C@H](C)N(C)C(=O)C(CSC)NC(=O)[C@H](N)CCCCN)C1(C)OC1C(C)C1CC(O)(NC(=O)O1)C(C)/C=C/C=C(\C)C2. The van der Waals surface area contributed by atoms with Gasteiger partial charge in [-0.15, -0.1) is 0 Å². The Labute approximate surface area is 362 Å². The standard InChI is InChI=1S/C42H63ClN6O10S/c1-23-13-12-14-24(2)42(55)21-32(57-40(54)47-42)25(3)36-41(5,59-36)33(20-34(50)49(7)30-18-27(17-23)19-31(56-8)35(30)43)58-39(53)26(4)48(6)38(52)29(22-60-9)46-37(51)28(45)15-10-11-16-44/h12-14,18-19,24-26,28-29,32-33,36,55H,10-11,15-17,20-22,44-45H2,1-9H3,(H,46,51)(H,47,54)/b14-12+,23-13+/t24?,25?,26-,28+,29?,32?,33?,36?,41?,42?/m0/s1. The van der Waals surface area contributed by atoms with Crippen LogP contribution in [-0.4, -0.2) is 127 Å². The number of carbonyl (C=O) groups is 5. The first kappa shape index (κ1) is 48.8. The molecular weight excluding hydrogens is 816 g/mol. The van der Waals surface area contributed by atoms with Crippen molar-refractivity contribution >= 4 is 58.8 Å². The van der Waals surface area contributed by atoms with E-state index in [1.807, 2.05) is 19.1 Å². The Morgan fingerprint density at radius 3 is 2.58 bits per heavy atom. The molecule has 60 heavy (non-hydrogen) atoms. The summed E-state index contributed by atoms with van der Waals surface area (Å²) in [6.07, 6.45) is 5.71. The minimum atomic E-state index is -1.65. The molecule has 0 aliphatic carbocycles. The molecule has 3 aliphatic heterocycles. The van der Waals surface area contributed by atoms with Crippen molar-refractivity contribution in [2.75, 3.05) is 44.7 Å². The number of alkyl carbamates (subject to hydrolysis) is 1. The van der Waals surface area contributed by atoms with Gasteiger partial charge < -0.3 is 50.6 Å². The summed E-state index contributed by atoms with van der Waals surface area (Å²) in [7, 11) is 4.48. The molecule has 7 N–H and O–H groups in total. The smallest absolute Gasteiger partial charge is 0.409 e. The number of hydrogen-bond donors (Lipinski definition) is 5. The summed E-state index contributed by atoms with van der Waals surface area (Å²) in [5.41, 5.74) is 10.9. The quantitative estimate of drug-likeness (QED) is 0.109. The van der Waals surface area contributed by atoms with Gasteiger partial charge in [0.05, 0.1) is 31.4 Å². The molecule has 0 spiro atoms. The molecule has 2 saturated heterocycles. The van der Waals surface area contributed by atoms with E-state index in [0.717, 1.165) is 11.1 Å². The van der Waals surface area contributed by atoms with E-state index in [2.05, 4.69) is 10.6 Å². The summed E-state index contributed by atoms with van der Waals surface area (Å²) in [6, 6.07) is 0.593.